The molecular weight excluding hydrogens is 304 g/mol. The van der Waals surface area contributed by atoms with Crippen LogP contribution in [-0.2, 0) is 4.79 Å². The molecule has 0 amide bonds. The van der Waals surface area contributed by atoms with Crippen LogP contribution in [0.3, 0.4) is 0 Å². The van der Waals surface area contributed by atoms with Gasteiger partial charge in [-0.05, 0) is 13.8 Å². The first-order valence-corrected chi connectivity index (χ1v) is 8.03. The van der Waals surface area contributed by atoms with Crippen LogP contribution >= 0.6 is 34.4 Å². The molecule has 0 spiro atoms. The fourth-order valence-electron chi connectivity index (χ4n) is 1.27. The predicted octanol–water partition coefficient (Wildman–Crippen LogP) is 2.65. The Bertz CT molecular complexity index is 569. The fourth-order valence-corrected chi connectivity index (χ4v) is 3.60. The van der Waals surface area contributed by atoms with Crippen molar-refractivity contribution in [3.05, 3.63) is 16.1 Å². The van der Waals surface area contributed by atoms with E-state index in [-0.39, 0.29) is 11.8 Å². The van der Waals surface area contributed by atoms with Gasteiger partial charge in [-0.2, -0.15) is 0 Å². The van der Waals surface area contributed by atoms with E-state index in [0.717, 1.165) is 5.01 Å². The van der Waals surface area contributed by atoms with Crippen molar-refractivity contribution < 1.29 is 9.90 Å². The summed E-state index contributed by atoms with van der Waals surface area (Å²) in [6.45, 7) is 4.02. The minimum absolute atomic E-state index is 0.00411. The molecule has 0 radical (unpaired) electrons. The molecule has 6 nitrogen and oxygen atoms in total. The molecule has 102 valence electrons. The molecule has 19 heavy (non-hydrogen) atoms. The first kappa shape index (κ1) is 14.2. The Morgan fingerprint density at radius 3 is 2.95 bits per heavy atom. The predicted molar refractivity (Wildman–Crippen MR) is 77.2 cm³/mol. The highest BCUT2D eigenvalue weighted by Gasteiger charge is 2.13. The Morgan fingerprint density at radius 2 is 2.32 bits per heavy atom. The molecule has 1 atom stereocenters. The number of anilines is 1. The molecule has 0 aliphatic heterocycles. The summed E-state index contributed by atoms with van der Waals surface area (Å²) < 4.78 is 0.646. The maximum absolute atomic E-state index is 10.5. The van der Waals surface area contributed by atoms with Crippen LogP contribution in [0.1, 0.15) is 22.9 Å². The third-order valence-corrected chi connectivity index (χ3v) is 5.14. The normalized spacial score (nSPS) is 12.3. The van der Waals surface area contributed by atoms with Gasteiger partial charge in [0.05, 0.1) is 11.8 Å². The van der Waals surface area contributed by atoms with Gasteiger partial charge in [-0.15, -0.1) is 21.5 Å². The molecule has 2 aromatic heterocycles. The van der Waals surface area contributed by atoms with Gasteiger partial charge in [-0.25, -0.2) is 4.98 Å². The van der Waals surface area contributed by atoms with Crippen molar-refractivity contribution in [2.75, 3.05) is 11.1 Å². The second-order valence-corrected chi connectivity index (χ2v) is 7.20. The Kier molecular flexibility index (Phi) is 4.72. The number of thioether (sulfide) groups is 1. The molecule has 0 saturated carbocycles. The van der Waals surface area contributed by atoms with Crippen LogP contribution < -0.4 is 5.32 Å². The van der Waals surface area contributed by atoms with Gasteiger partial charge in [-0.3, -0.25) is 4.79 Å². The van der Waals surface area contributed by atoms with Gasteiger partial charge in [0.1, 0.15) is 5.01 Å². The Labute approximate surface area is 122 Å². The molecule has 0 saturated heterocycles. The maximum atomic E-state index is 10.5. The number of nitrogens with zero attached hydrogens (tertiary/aromatic N) is 3. The standard InChI is InChI=1S/C10H12N4O2S3/c1-5-3-11-8(18-5)6(2)12-9-13-14-10(19-9)17-4-7(15)16/h3,6H,4H2,1-2H3,(H,12,13)(H,15,16). The van der Waals surface area contributed by atoms with E-state index in [1.807, 2.05) is 20.0 Å². The SMILES string of the molecule is Cc1cnc(C(C)Nc2nnc(SCC(=O)O)s2)s1. The topological polar surface area (TPSA) is 88.0 Å². The van der Waals surface area contributed by atoms with Crippen LogP contribution in [0.4, 0.5) is 5.13 Å². The molecule has 1 unspecified atom stereocenters. The maximum Gasteiger partial charge on any atom is 0.313 e. The Hall–Kier alpha value is -1.19. The zero-order chi connectivity index (χ0) is 13.8. The third kappa shape index (κ3) is 4.15. The number of aryl methyl sites for hydroxylation is 1. The van der Waals surface area contributed by atoms with Gasteiger partial charge in [0, 0.05) is 11.1 Å². The van der Waals surface area contributed by atoms with Gasteiger partial charge in [0.2, 0.25) is 5.13 Å². The van der Waals surface area contributed by atoms with Crippen molar-refractivity contribution in [2.24, 2.45) is 0 Å². The lowest BCUT2D eigenvalue weighted by atomic mass is 10.4. The number of thiazole rings is 1. The van der Waals surface area contributed by atoms with E-state index < -0.39 is 5.97 Å². The van der Waals surface area contributed by atoms with E-state index in [0.29, 0.717) is 9.47 Å². The number of carboxylic acids is 1. The number of aromatic nitrogens is 3. The van der Waals surface area contributed by atoms with Gasteiger partial charge in [-0.1, -0.05) is 23.1 Å². The summed E-state index contributed by atoms with van der Waals surface area (Å²) in [5, 5.41) is 21.4. The summed E-state index contributed by atoms with van der Waals surface area (Å²) in [7, 11) is 0. The van der Waals surface area contributed by atoms with Gasteiger partial charge in [0.15, 0.2) is 4.34 Å². The van der Waals surface area contributed by atoms with Gasteiger partial charge < -0.3 is 10.4 Å². The van der Waals surface area contributed by atoms with E-state index in [2.05, 4.69) is 20.5 Å². The van der Waals surface area contributed by atoms with Crippen molar-refractivity contribution in [3.63, 3.8) is 0 Å². The number of carbonyl (C=O) groups is 1. The first-order chi connectivity index (χ1) is 9.04. The van der Waals surface area contributed by atoms with Crippen LogP contribution in [-0.4, -0.2) is 32.0 Å². The van der Waals surface area contributed by atoms with E-state index in [9.17, 15) is 4.79 Å². The minimum atomic E-state index is -0.860. The molecular formula is C10H12N4O2S3. The first-order valence-electron chi connectivity index (χ1n) is 5.41. The molecule has 9 heteroatoms. The Morgan fingerprint density at radius 1 is 1.53 bits per heavy atom. The number of rotatable bonds is 6. The zero-order valence-corrected chi connectivity index (χ0v) is 12.7. The van der Waals surface area contributed by atoms with Crippen molar-refractivity contribution in [3.8, 4) is 0 Å². The summed E-state index contributed by atoms with van der Waals surface area (Å²) in [5.74, 6) is -0.864. The minimum Gasteiger partial charge on any atom is -0.481 e. The molecule has 0 aromatic carbocycles. The number of nitrogens with one attached hydrogen (secondary N) is 1. The molecule has 2 aromatic rings. The van der Waals surface area contributed by atoms with Crippen LogP contribution in [0.5, 0.6) is 0 Å². The number of carboxylic acid groups (broad SMARTS) is 1. The van der Waals surface area contributed by atoms with Crippen LogP contribution in [0.25, 0.3) is 0 Å². The van der Waals surface area contributed by atoms with E-state index in [1.165, 1.54) is 28.0 Å². The van der Waals surface area contributed by atoms with Crippen molar-refractivity contribution >= 4 is 45.5 Å². The number of hydrogen-bond acceptors (Lipinski definition) is 8. The number of aliphatic carboxylic acids is 1. The van der Waals surface area contributed by atoms with Crippen LogP contribution in [0, 0.1) is 6.92 Å². The third-order valence-electron chi connectivity index (χ3n) is 2.08. The highest BCUT2D eigenvalue weighted by Crippen LogP contribution is 2.29. The molecule has 0 aliphatic carbocycles. The summed E-state index contributed by atoms with van der Waals surface area (Å²) in [4.78, 5) is 15.9. The summed E-state index contributed by atoms with van der Waals surface area (Å²) in [6, 6.07) is 0.0592. The molecule has 2 heterocycles. The molecule has 0 fully saturated rings. The van der Waals surface area contributed by atoms with Crippen LogP contribution in [0.15, 0.2) is 10.5 Å². The highest BCUT2D eigenvalue weighted by atomic mass is 32.2. The van der Waals surface area contributed by atoms with Gasteiger partial charge >= 0.3 is 5.97 Å². The quantitative estimate of drug-likeness (QED) is 0.792. The average Bonchev–Trinajstić information content (AvgIpc) is 2.95. The fraction of sp³-hybridized carbons (Fsp3) is 0.400. The highest BCUT2D eigenvalue weighted by molar-refractivity contribution is 8.01. The Balaban J connectivity index is 1.94. The lowest BCUT2D eigenvalue weighted by Crippen LogP contribution is -2.05. The summed E-state index contributed by atoms with van der Waals surface area (Å²) in [6.07, 6.45) is 1.84. The van der Waals surface area contributed by atoms with Gasteiger partial charge in [0.25, 0.3) is 0 Å². The zero-order valence-electron chi connectivity index (χ0n) is 10.3. The van der Waals surface area contributed by atoms with Crippen molar-refractivity contribution in [1.82, 2.24) is 15.2 Å². The van der Waals surface area contributed by atoms with Crippen molar-refractivity contribution in [2.45, 2.75) is 24.2 Å². The second-order valence-electron chi connectivity index (χ2n) is 3.73. The molecule has 0 aliphatic rings. The smallest absolute Gasteiger partial charge is 0.313 e. The second kappa shape index (κ2) is 6.31. The monoisotopic (exact) mass is 316 g/mol. The molecule has 2 rings (SSSR count). The molecule has 0 bridgehead atoms. The van der Waals surface area contributed by atoms with E-state index >= 15 is 0 Å². The lowest BCUT2D eigenvalue weighted by Gasteiger charge is -2.08. The largest absolute Gasteiger partial charge is 0.481 e. The molecule has 2 N–H and O–H groups in total. The summed E-state index contributed by atoms with van der Waals surface area (Å²) in [5.41, 5.74) is 0. The van der Waals surface area contributed by atoms with Crippen LogP contribution in [0.2, 0.25) is 0 Å². The lowest BCUT2D eigenvalue weighted by molar-refractivity contribution is -0.133. The van der Waals surface area contributed by atoms with E-state index in [4.69, 9.17) is 5.11 Å². The summed E-state index contributed by atoms with van der Waals surface area (Å²) >= 11 is 4.15. The van der Waals surface area contributed by atoms with E-state index in [1.54, 1.807) is 11.3 Å². The average molecular weight is 316 g/mol. The number of hydrogen-bond donors (Lipinski definition) is 2. The van der Waals surface area contributed by atoms with Crippen molar-refractivity contribution in [1.29, 1.82) is 0 Å².